The lowest BCUT2D eigenvalue weighted by Crippen LogP contribution is -1.75. The van der Waals surface area contributed by atoms with E-state index in [1.54, 1.807) is 18.4 Å². The molecule has 0 aromatic heterocycles. The fourth-order valence-electron chi connectivity index (χ4n) is 0.780. The Hall–Kier alpha value is -1.31. The van der Waals surface area contributed by atoms with Crippen molar-refractivity contribution in [1.82, 2.24) is 0 Å². The summed E-state index contributed by atoms with van der Waals surface area (Å²) in [4.78, 5) is 0. The standard InChI is InChI=1S/C8H5FO/c9-7-3-1-6(2-4-7)8-5-10-8/h1-5H. The summed E-state index contributed by atoms with van der Waals surface area (Å²) in [7, 11) is 0. The van der Waals surface area contributed by atoms with Crippen molar-refractivity contribution in [3.8, 4) is 0 Å². The summed E-state index contributed by atoms with van der Waals surface area (Å²) in [5.74, 6) is 0.616. The number of halogens is 1. The molecule has 1 aromatic rings. The second-order valence-corrected chi connectivity index (χ2v) is 2.11. The summed E-state index contributed by atoms with van der Waals surface area (Å²) in [5.41, 5.74) is 0.932. The second-order valence-electron chi connectivity index (χ2n) is 2.11. The number of hydrogen-bond donors (Lipinski definition) is 0. The highest BCUT2D eigenvalue weighted by atomic mass is 19.1. The summed E-state index contributed by atoms with van der Waals surface area (Å²) in [6.45, 7) is 0. The van der Waals surface area contributed by atoms with Gasteiger partial charge in [-0.1, -0.05) is 0 Å². The monoisotopic (exact) mass is 136 g/mol. The third-order valence-electron chi connectivity index (χ3n) is 1.36. The molecule has 1 nitrogen and oxygen atoms in total. The lowest BCUT2D eigenvalue weighted by molar-refractivity contribution is 0.563. The Bertz CT molecular complexity index is 274. The molecule has 0 N–H and O–H groups in total. The van der Waals surface area contributed by atoms with E-state index in [0.29, 0.717) is 0 Å². The van der Waals surface area contributed by atoms with E-state index >= 15 is 0 Å². The molecule has 1 aliphatic heterocycles. The SMILES string of the molecule is Fc1ccc(C2=CO2)cc1. The van der Waals surface area contributed by atoms with Gasteiger partial charge in [0, 0.05) is 5.56 Å². The predicted octanol–water partition coefficient (Wildman–Crippen LogP) is 2.15. The van der Waals surface area contributed by atoms with E-state index in [4.69, 9.17) is 4.74 Å². The van der Waals surface area contributed by atoms with Crippen LogP contribution in [0.5, 0.6) is 0 Å². The van der Waals surface area contributed by atoms with Gasteiger partial charge in [0.25, 0.3) is 0 Å². The first kappa shape index (κ1) is 5.47. The summed E-state index contributed by atoms with van der Waals surface area (Å²) in [6.07, 6.45) is 1.63. The van der Waals surface area contributed by atoms with Crippen molar-refractivity contribution in [2.24, 2.45) is 0 Å². The third-order valence-corrected chi connectivity index (χ3v) is 1.36. The van der Waals surface area contributed by atoms with Crippen molar-refractivity contribution in [3.63, 3.8) is 0 Å². The quantitative estimate of drug-likeness (QED) is 0.576. The van der Waals surface area contributed by atoms with Crippen LogP contribution in [0, 0.1) is 5.82 Å². The van der Waals surface area contributed by atoms with Crippen LogP contribution in [-0.4, -0.2) is 0 Å². The molecule has 0 saturated heterocycles. The molecule has 0 saturated carbocycles. The van der Waals surface area contributed by atoms with Gasteiger partial charge in [0.15, 0.2) is 5.76 Å². The first-order valence-electron chi connectivity index (χ1n) is 2.99. The van der Waals surface area contributed by atoms with Crippen LogP contribution in [0.1, 0.15) is 5.56 Å². The molecule has 0 spiro atoms. The van der Waals surface area contributed by atoms with Gasteiger partial charge in [-0.05, 0) is 24.3 Å². The lowest BCUT2D eigenvalue weighted by atomic mass is 10.2. The molecule has 0 atom stereocenters. The van der Waals surface area contributed by atoms with Gasteiger partial charge in [0.2, 0.25) is 0 Å². The van der Waals surface area contributed by atoms with Gasteiger partial charge in [0.05, 0.1) is 0 Å². The summed E-state index contributed by atoms with van der Waals surface area (Å²) in [6, 6.07) is 6.21. The maximum atomic E-state index is 12.3. The number of benzene rings is 1. The van der Waals surface area contributed by atoms with Crippen LogP contribution in [0.2, 0.25) is 0 Å². The Balaban J connectivity index is 2.37. The van der Waals surface area contributed by atoms with E-state index in [9.17, 15) is 4.39 Å². The minimum Gasteiger partial charge on any atom is -0.457 e. The first-order chi connectivity index (χ1) is 4.86. The fourth-order valence-corrected chi connectivity index (χ4v) is 0.780. The van der Waals surface area contributed by atoms with Crippen molar-refractivity contribution < 1.29 is 9.13 Å². The maximum Gasteiger partial charge on any atom is 0.168 e. The molecular formula is C8H5FO. The minimum absolute atomic E-state index is 0.218. The molecule has 10 heavy (non-hydrogen) atoms. The molecule has 0 unspecified atom stereocenters. The number of hydrogen-bond acceptors (Lipinski definition) is 1. The highest BCUT2D eigenvalue weighted by Crippen LogP contribution is 2.26. The predicted molar refractivity (Wildman–Crippen MR) is 35.5 cm³/mol. The zero-order valence-electron chi connectivity index (χ0n) is 5.17. The van der Waals surface area contributed by atoms with Crippen molar-refractivity contribution in [2.75, 3.05) is 0 Å². The van der Waals surface area contributed by atoms with Gasteiger partial charge in [-0.3, -0.25) is 0 Å². The maximum absolute atomic E-state index is 12.3. The summed E-state index contributed by atoms with van der Waals surface area (Å²) >= 11 is 0. The lowest BCUT2D eigenvalue weighted by Gasteiger charge is -1.89. The van der Waals surface area contributed by atoms with Crippen LogP contribution in [-0.2, 0) is 4.74 Å². The van der Waals surface area contributed by atoms with E-state index in [2.05, 4.69) is 0 Å². The second kappa shape index (κ2) is 1.84. The summed E-state index contributed by atoms with van der Waals surface area (Å²) in [5, 5.41) is 0. The van der Waals surface area contributed by atoms with Gasteiger partial charge in [-0.15, -0.1) is 0 Å². The van der Waals surface area contributed by atoms with Crippen LogP contribution in [0.3, 0.4) is 0 Å². The third kappa shape index (κ3) is 0.880. The number of ether oxygens (including phenoxy) is 1. The molecule has 2 heteroatoms. The largest absolute Gasteiger partial charge is 0.457 e. The average Bonchev–Trinajstić information content (AvgIpc) is 2.71. The van der Waals surface area contributed by atoms with Crippen molar-refractivity contribution >= 4 is 5.76 Å². The van der Waals surface area contributed by atoms with Gasteiger partial charge in [-0.2, -0.15) is 0 Å². The van der Waals surface area contributed by atoms with E-state index in [1.165, 1.54) is 12.1 Å². The Kier molecular flexibility index (Phi) is 1.01. The Labute approximate surface area is 57.7 Å². The highest BCUT2D eigenvalue weighted by molar-refractivity contribution is 5.66. The van der Waals surface area contributed by atoms with E-state index in [1.807, 2.05) is 0 Å². The van der Waals surface area contributed by atoms with Crippen LogP contribution < -0.4 is 0 Å². The van der Waals surface area contributed by atoms with E-state index in [-0.39, 0.29) is 5.82 Å². The van der Waals surface area contributed by atoms with Gasteiger partial charge < -0.3 is 4.74 Å². The average molecular weight is 136 g/mol. The van der Waals surface area contributed by atoms with Crippen molar-refractivity contribution in [1.29, 1.82) is 0 Å². The molecule has 50 valence electrons. The normalized spacial score (nSPS) is 13.9. The molecule has 0 amide bonds. The van der Waals surface area contributed by atoms with Gasteiger partial charge in [-0.25, -0.2) is 4.39 Å². The van der Waals surface area contributed by atoms with Crippen LogP contribution in [0.25, 0.3) is 5.76 Å². The van der Waals surface area contributed by atoms with E-state index in [0.717, 1.165) is 11.3 Å². The van der Waals surface area contributed by atoms with Crippen molar-refractivity contribution in [2.45, 2.75) is 0 Å². The van der Waals surface area contributed by atoms with Gasteiger partial charge in [0.1, 0.15) is 12.1 Å². The molecule has 0 radical (unpaired) electrons. The highest BCUT2D eigenvalue weighted by Gasteiger charge is 2.11. The smallest absolute Gasteiger partial charge is 0.168 e. The molecule has 1 aromatic carbocycles. The molecule has 1 heterocycles. The summed E-state index contributed by atoms with van der Waals surface area (Å²) < 4.78 is 17.1. The Morgan fingerprint density at radius 3 is 2.20 bits per heavy atom. The molecule has 0 bridgehead atoms. The Morgan fingerprint density at radius 2 is 1.70 bits per heavy atom. The molecule has 0 aliphatic carbocycles. The molecular weight excluding hydrogens is 131 g/mol. The van der Waals surface area contributed by atoms with Crippen LogP contribution in [0.15, 0.2) is 30.5 Å². The molecule has 1 aliphatic rings. The zero-order valence-corrected chi connectivity index (χ0v) is 5.17. The van der Waals surface area contributed by atoms with Crippen LogP contribution in [0.4, 0.5) is 4.39 Å². The van der Waals surface area contributed by atoms with Gasteiger partial charge >= 0.3 is 0 Å². The zero-order chi connectivity index (χ0) is 6.97. The molecule has 0 fully saturated rings. The Morgan fingerprint density at radius 1 is 1.10 bits per heavy atom. The van der Waals surface area contributed by atoms with E-state index < -0.39 is 0 Å². The van der Waals surface area contributed by atoms with Crippen LogP contribution >= 0.6 is 0 Å². The minimum atomic E-state index is -0.218. The number of rotatable bonds is 1. The topological polar surface area (TPSA) is 12.5 Å². The molecule has 2 rings (SSSR count). The van der Waals surface area contributed by atoms with Crippen molar-refractivity contribution in [3.05, 3.63) is 41.9 Å². The first-order valence-corrected chi connectivity index (χ1v) is 2.99. The fraction of sp³-hybridized carbons (Fsp3) is 0.